The highest BCUT2D eigenvalue weighted by molar-refractivity contribution is 5.83. The topological polar surface area (TPSA) is 116 Å². The van der Waals surface area contributed by atoms with Gasteiger partial charge in [-0.2, -0.15) is 5.10 Å². The van der Waals surface area contributed by atoms with Crippen molar-refractivity contribution in [2.75, 3.05) is 5.43 Å². The Morgan fingerprint density at radius 3 is 2.58 bits per heavy atom. The molecular weight excluding hydrogens is 398 g/mol. The predicted octanol–water partition coefficient (Wildman–Crippen LogP) is 4.78. The maximum Gasteiger partial charge on any atom is 0.301 e. The van der Waals surface area contributed by atoms with E-state index >= 15 is 0 Å². The highest BCUT2D eigenvalue weighted by Gasteiger charge is 2.20. The van der Waals surface area contributed by atoms with Crippen LogP contribution in [-0.2, 0) is 12.8 Å². The lowest BCUT2D eigenvalue weighted by Crippen LogP contribution is -2.04. The molecule has 0 unspecified atom stereocenters. The standard InChI is InChI=1S/C22H19N5O4/c1-15-7-9-19-16(11-15)14-25(17-5-3-2-4-6-17)22(19)13-23-24-20-10-8-18(26(28)29)12-21(20)27(30)31/h2-8,10,12-14,24H,9,11H2,1H3/b23-13-. The molecule has 1 heterocycles. The summed E-state index contributed by atoms with van der Waals surface area (Å²) in [6, 6.07) is 13.3. The maximum absolute atomic E-state index is 11.3. The van der Waals surface area contributed by atoms with Gasteiger partial charge in [0.05, 0.1) is 27.8 Å². The second kappa shape index (κ2) is 8.23. The molecule has 4 rings (SSSR count). The zero-order valence-corrected chi connectivity index (χ0v) is 16.7. The summed E-state index contributed by atoms with van der Waals surface area (Å²) in [4.78, 5) is 20.9. The van der Waals surface area contributed by atoms with Crippen LogP contribution in [0.4, 0.5) is 17.1 Å². The van der Waals surface area contributed by atoms with E-state index in [4.69, 9.17) is 0 Å². The van der Waals surface area contributed by atoms with Crippen molar-refractivity contribution in [1.29, 1.82) is 0 Å². The van der Waals surface area contributed by atoms with Gasteiger partial charge in [0.25, 0.3) is 5.69 Å². The Morgan fingerprint density at radius 1 is 1.10 bits per heavy atom. The normalized spacial score (nSPS) is 13.0. The van der Waals surface area contributed by atoms with Crippen LogP contribution in [0.1, 0.15) is 23.7 Å². The van der Waals surface area contributed by atoms with Crippen molar-refractivity contribution in [3.8, 4) is 5.69 Å². The molecule has 0 bridgehead atoms. The number of nitro groups is 2. The van der Waals surface area contributed by atoms with Gasteiger partial charge in [-0.1, -0.05) is 29.8 Å². The van der Waals surface area contributed by atoms with Gasteiger partial charge < -0.3 is 4.57 Å². The first kappa shape index (κ1) is 20.0. The molecule has 1 aromatic heterocycles. The molecule has 0 fully saturated rings. The monoisotopic (exact) mass is 417 g/mol. The number of benzene rings is 2. The second-order valence-electron chi connectivity index (χ2n) is 7.24. The van der Waals surface area contributed by atoms with E-state index in [1.165, 1.54) is 23.3 Å². The Hall–Kier alpha value is -4.27. The van der Waals surface area contributed by atoms with Gasteiger partial charge in [-0.05, 0) is 49.1 Å². The van der Waals surface area contributed by atoms with Gasteiger partial charge in [0, 0.05) is 18.0 Å². The first-order valence-corrected chi connectivity index (χ1v) is 9.60. The van der Waals surface area contributed by atoms with Crippen LogP contribution in [0.3, 0.4) is 0 Å². The summed E-state index contributed by atoms with van der Waals surface area (Å²) < 4.78 is 2.05. The van der Waals surface area contributed by atoms with Gasteiger partial charge in [-0.25, -0.2) is 0 Å². The molecule has 9 nitrogen and oxygen atoms in total. The zero-order chi connectivity index (χ0) is 22.0. The van der Waals surface area contributed by atoms with E-state index in [1.54, 1.807) is 6.21 Å². The van der Waals surface area contributed by atoms with Crippen LogP contribution >= 0.6 is 0 Å². The van der Waals surface area contributed by atoms with E-state index in [1.807, 2.05) is 34.9 Å². The number of aromatic nitrogens is 1. The van der Waals surface area contributed by atoms with Crippen molar-refractivity contribution in [3.05, 3.63) is 103 Å². The molecule has 2 aromatic carbocycles. The van der Waals surface area contributed by atoms with Crippen molar-refractivity contribution in [3.63, 3.8) is 0 Å². The summed E-state index contributed by atoms with van der Waals surface area (Å²) in [5, 5.41) is 26.5. The Labute approximate surface area is 177 Å². The molecule has 1 aliphatic rings. The Kier molecular flexibility index (Phi) is 5.31. The highest BCUT2D eigenvalue weighted by atomic mass is 16.6. The minimum Gasteiger partial charge on any atom is -0.315 e. The van der Waals surface area contributed by atoms with Crippen molar-refractivity contribution >= 4 is 23.3 Å². The lowest BCUT2D eigenvalue weighted by atomic mass is 9.95. The summed E-state index contributed by atoms with van der Waals surface area (Å²) >= 11 is 0. The SMILES string of the molecule is CC1=CCc2c(cn(-c3ccccc3)c2/C=N\Nc2ccc([N+](=O)[O-])cc2[N+](=O)[O-])C1. The number of allylic oxidation sites excluding steroid dienone is 2. The minimum absolute atomic E-state index is 0.0780. The third-order valence-electron chi connectivity index (χ3n) is 5.16. The van der Waals surface area contributed by atoms with Crippen molar-refractivity contribution in [1.82, 2.24) is 4.57 Å². The number of fused-ring (bicyclic) bond motifs is 1. The van der Waals surface area contributed by atoms with Gasteiger partial charge >= 0.3 is 5.69 Å². The number of non-ortho nitro benzene ring substituents is 1. The molecule has 0 saturated heterocycles. The van der Waals surface area contributed by atoms with E-state index in [9.17, 15) is 20.2 Å². The number of nitro benzene ring substituents is 2. The maximum atomic E-state index is 11.3. The Morgan fingerprint density at radius 2 is 1.87 bits per heavy atom. The Bertz CT molecular complexity index is 1230. The van der Waals surface area contributed by atoms with E-state index in [-0.39, 0.29) is 11.4 Å². The third-order valence-corrected chi connectivity index (χ3v) is 5.16. The summed E-state index contributed by atoms with van der Waals surface area (Å²) in [5.41, 5.74) is 7.52. The van der Waals surface area contributed by atoms with Crippen LogP contribution in [0.2, 0.25) is 0 Å². The van der Waals surface area contributed by atoms with E-state index in [2.05, 4.69) is 29.7 Å². The molecule has 1 aliphatic carbocycles. The van der Waals surface area contributed by atoms with Gasteiger partial charge in [-0.15, -0.1) is 0 Å². The summed E-state index contributed by atoms with van der Waals surface area (Å²) in [6.07, 6.45) is 7.54. The molecule has 3 aromatic rings. The number of nitrogens with zero attached hydrogens (tertiary/aromatic N) is 4. The first-order chi connectivity index (χ1) is 14.9. The molecule has 0 amide bonds. The van der Waals surface area contributed by atoms with Crippen LogP contribution < -0.4 is 5.43 Å². The fourth-order valence-electron chi connectivity index (χ4n) is 3.63. The molecule has 0 atom stereocenters. The summed E-state index contributed by atoms with van der Waals surface area (Å²) in [7, 11) is 0. The highest BCUT2D eigenvalue weighted by Crippen LogP contribution is 2.30. The third kappa shape index (κ3) is 4.06. The first-order valence-electron chi connectivity index (χ1n) is 9.60. The number of rotatable bonds is 6. The van der Waals surface area contributed by atoms with Gasteiger partial charge in [0.15, 0.2) is 0 Å². The van der Waals surface area contributed by atoms with Crippen molar-refractivity contribution in [2.45, 2.75) is 19.8 Å². The second-order valence-corrected chi connectivity index (χ2v) is 7.24. The smallest absolute Gasteiger partial charge is 0.301 e. The molecular formula is C22H19N5O4. The molecule has 0 aliphatic heterocycles. The summed E-state index contributed by atoms with van der Waals surface area (Å²) in [5.74, 6) is 0. The van der Waals surface area contributed by atoms with E-state index < -0.39 is 15.5 Å². The van der Waals surface area contributed by atoms with Crippen LogP contribution in [0.15, 0.2) is 71.5 Å². The quantitative estimate of drug-likeness (QED) is 0.268. The number of anilines is 1. The molecule has 31 heavy (non-hydrogen) atoms. The predicted molar refractivity (Wildman–Crippen MR) is 118 cm³/mol. The Balaban J connectivity index is 1.69. The van der Waals surface area contributed by atoms with Crippen LogP contribution in [0.25, 0.3) is 5.69 Å². The van der Waals surface area contributed by atoms with Crippen molar-refractivity contribution < 1.29 is 9.85 Å². The van der Waals surface area contributed by atoms with Crippen LogP contribution in [0.5, 0.6) is 0 Å². The average Bonchev–Trinajstić information content (AvgIpc) is 3.11. The zero-order valence-electron chi connectivity index (χ0n) is 16.7. The van der Waals surface area contributed by atoms with E-state index in [0.29, 0.717) is 0 Å². The fourth-order valence-corrected chi connectivity index (χ4v) is 3.63. The fraction of sp³-hybridized carbons (Fsp3) is 0.136. The van der Waals surface area contributed by atoms with E-state index in [0.717, 1.165) is 35.9 Å². The largest absolute Gasteiger partial charge is 0.315 e. The van der Waals surface area contributed by atoms with Gasteiger partial charge in [-0.3, -0.25) is 25.7 Å². The van der Waals surface area contributed by atoms with Gasteiger partial charge in [0.2, 0.25) is 0 Å². The minimum atomic E-state index is -0.674. The average molecular weight is 417 g/mol. The van der Waals surface area contributed by atoms with Crippen molar-refractivity contribution in [2.24, 2.45) is 5.10 Å². The molecule has 1 N–H and O–H groups in total. The molecule has 0 spiro atoms. The van der Waals surface area contributed by atoms with Gasteiger partial charge in [0.1, 0.15) is 5.69 Å². The lowest BCUT2D eigenvalue weighted by molar-refractivity contribution is -0.393. The summed E-state index contributed by atoms with van der Waals surface area (Å²) in [6.45, 7) is 2.10. The molecule has 9 heteroatoms. The lowest BCUT2D eigenvalue weighted by Gasteiger charge is -2.11. The number of para-hydroxylation sites is 1. The molecule has 156 valence electrons. The molecule has 0 saturated carbocycles. The van der Waals surface area contributed by atoms with Crippen LogP contribution in [-0.4, -0.2) is 20.6 Å². The van der Waals surface area contributed by atoms with Crippen LogP contribution in [0, 0.1) is 20.2 Å². The number of hydrogen-bond acceptors (Lipinski definition) is 6. The number of hydrazone groups is 1. The number of hydrogen-bond donors (Lipinski definition) is 1. The molecule has 0 radical (unpaired) electrons. The number of nitrogens with one attached hydrogen (secondary N) is 1.